The molecule has 0 radical (unpaired) electrons. The van der Waals surface area contributed by atoms with Crippen molar-refractivity contribution in [3.63, 3.8) is 0 Å². The van der Waals surface area contributed by atoms with E-state index < -0.39 is 0 Å². The molecular formula is C28H38N4O2. The summed E-state index contributed by atoms with van der Waals surface area (Å²) in [5.41, 5.74) is 3.57. The van der Waals surface area contributed by atoms with Crippen LogP contribution in [0.4, 0.5) is 0 Å². The van der Waals surface area contributed by atoms with Gasteiger partial charge in [0.15, 0.2) is 0 Å². The van der Waals surface area contributed by atoms with Gasteiger partial charge in [0.2, 0.25) is 0 Å². The lowest BCUT2D eigenvalue weighted by Crippen LogP contribution is -2.45. The Hall–Kier alpha value is -2.70. The Kier molecular flexibility index (Phi) is 7.69. The number of rotatable bonds is 11. The number of nitrogens with zero attached hydrogens (tertiary/aromatic N) is 2. The van der Waals surface area contributed by atoms with Gasteiger partial charge < -0.3 is 9.80 Å². The summed E-state index contributed by atoms with van der Waals surface area (Å²) < 4.78 is 0. The van der Waals surface area contributed by atoms with Crippen molar-refractivity contribution in [1.82, 2.24) is 20.4 Å². The molecule has 2 aliphatic heterocycles. The molecule has 0 saturated heterocycles. The lowest BCUT2D eigenvalue weighted by molar-refractivity contribution is 0.0561. The second-order valence-corrected chi connectivity index (χ2v) is 10.2. The molecule has 2 aliphatic rings. The zero-order chi connectivity index (χ0) is 24.2. The molecule has 2 aromatic carbocycles. The predicted molar refractivity (Wildman–Crippen MR) is 135 cm³/mol. The van der Waals surface area contributed by atoms with Gasteiger partial charge in [-0.05, 0) is 49.9 Å². The van der Waals surface area contributed by atoms with Gasteiger partial charge in [0.25, 0.3) is 11.8 Å². The Morgan fingerprint density at radius 3 is 1.44 bits per heavy atom. The Bertz CT molecular complexity index is 937. The normalized spacial score (nSPS) is 19.5. The summed E-state index contributed by atoms with van der Waals surface area (Å²) in [5.74, 6) is 1.25. The van der Waals surface area contributed by atoms with Crippen LogP contribution in [0.1, 0.15) is 84.7 Å². The number of hydrogen-bond acceptors (Lipinski definition) is 4. The minimum absolute atomic E-state index is 0.0334. The van der Waals surface area contributed by atoms with Crippen LogP contribution in [0, 0.1) is 11.8 Å². The molecule has 6 nitrogen and oxygen atoms in total. The van der Waals surface area contributed by atoms with Crippen LogP contribution in [0.15, 0.2) is 48.5 Å². The Morgan fingerprint density at radius 1 is 0.676 bits per heavy atom. The van der Waals surface area contributed by atoms with Crippen molar-refractivity contribution in [2.45, 2.75) is 52.9 Å². The third kappa shape index (κ3) is 5.03. The van der Waals surface area contributed by atoms with Gasteiger partial charge in [-0.3, -0.25) is 20.2 Å². The van der Waals surface area contributed by atoms with Crippen molar-refractivity contribution in [3.8, 4) is 0 Å². The molecule has 0 fully saturated rings. The molecule has 0 saturated carbocycles. The maximum absolute atomic E-state index is 13.3. The highest BCUT2D eigenvalue weighted by Crippen LogP contribution is 2.34. The largest absolute Gasteiger partial charge is 0.317 e. The van der Waals surface area contributed by atoms with E-state index in [1.807, 2.05) is 58.3 Å². The van der Waals surface area contributed by atoms with Gasteiger partial charge in [-0.1, -0.05) is 64.1 Å². The average molecular weight is 463 g/mol. The molecule has 6 heteroatoms. The predicted octanol–water partition coefficient (Wildman–Crippen LogP) is 4.57. The van der Waals surface area contributed by atoms with Gasteiger partial charge >= 0.3 is 0 Å². The van der Waals surface area contributed by atoms with Crippen LogP contribution in [-0.4, -0.2) is 47.8 Å². The third-order valence-corrected chi connectivity index (χ3v) is 6.82. The molecule has 2 N–H and O–H groups in total. The van der Waals surface area contributed by atoms with Crippen LogP contribution >= 0.6 is 0 Å². The fourth-order valence-electron chi connectivity index (χ4n) is 4.87. The Balaban J connectivity index is 1.50. The topological polar surface area (TPSA) is 64.7 Å². The van der Waals surface area contributed by atoms with Gasteiger partial charge in [0.1, 0.15) is 12.3 Å². The van der Waals surface area contributed by atoms with Crippen LogP contribution in [0.5, 0.6) is 0 Å². The molecule has 2 amide bonds. The minimum atomic E-state index is -0.158. The smallest absolute Gasteiger partial charge is 0.255 e. The summed E-state index contributed by atoms with van der Waals surface area (Å²) in [7, 11) is 0. The summed E-state index contributed by atoms with van der Waals surface area (Å²) >= 11 is 0. The minimum Gasteiger partial charge on any atom is -0.317 e. The number of hydrogen-bond donors (Lipinski definition) is 2. The van der Waals surface area contributed by atoms with E-state index in [4.69, 9.17) is 0 Å². The van der Waals surface area contributed by atoms with Crippen molar-refractivity contribution >= 4 is 11.8 Å². The van der Waals surface area contributed by atoms with Crippen molar-refractivity contribution in [2.24, 2.45) is 11.8 Å². The van der Waals surface area contributed by atoms with Crippen LogP contribution in [-0.2, 0) is 0 Å². The molecule has 2 aromatic rings. The first-order valence-electron chi connectivity index (χ1n) is 12.6. The zero-order valence-corrected chi connectivity index (χ0v) is 20.9. The summed E-state index contributed by atoms with van der Waals surface area (Å²) in [6.45, 7) is 11.5. The first-order chi connectivity index (χ1) is 16.4. The number of carbonyl (C=O) groups excluding carboxylic acids is 2. The van der Waals surface area contributed by atoms with Gasteiger partial charge in [-0.2, -0.15) is 0 Å². The van der Waals surface area contributed by atoms with Gasteiger partial charge in [0.05, 0.1) is 0 Å². The second kappa shape index (κ2) is 10.7. The van der Waals surface area contributed by atoms with E-state index in [-0.39, 0.29) is 24.1 Å². The SMILES string of the molecule is CC(C)CCN[C@@H]1c2ccccc2C(=O)N1CCN1C(=O)c2ccccc2[C@@H]1NCCC(C)C. The van der Waals surface area contributed by atoms with Crippen molar-refractivity contribution in [1.29, 1.82) is 0 Å². The van der Waals surface area contributed by atoms with E-state index >= 15 is 0 Å². The molecule has 0 bridgehead atoms. The number of amides is 2. The molecular weight excluding hydrogens is 424 g/mol. The highest BCUT2D eigenvalue weighted by atomic mass is 16.2. The summed E-state index contributed by atoms with van der Waals surface area (Å²) in [5, 5.41) is 7.19. The summed E-state index contributed by atoms with van der Waals surface area (Å²) in [6, 6.07) is 15.7. The van der Waals surface area contributed by atoms with Crippen molar-refractivity contribution in [2.75, 3.05) is 26.2 Å². The number of fused-ring (bicyclic) bond motifs is 2. The van der Waals surface area contributed by atoms with Crippen LogP contribution < -0.4 is 10.6 Å². The molecule has 0 aromatic heterocycles. The van der Waals surface area contributed by atoms with E-state index in [1.54, 1.807) is 0 Å². The first kappa shape index (κ1) is 24.4. The standard InChI is InChI=1S/C28H38N4O2/c1-19(2)13-15-29-25-21-9-5-7-11-23(21)27(33)31(25)17-18-32-26(30-16-14-20(3)4)22-10-6-8-12-24(22)28(32)34/h5-12,19-20,25-26,29-30H,13-18H2,1-4H3/t25-,26+. The molecule has 2 heterocycles. The third-order valence-electron chi connectivity index (χ3n) is 6.82. The van der Waals surface area contributed by atoms with Crippen molar-refractivity contribution < 1.29 is 9.59 Å². The average Bonchev–Trinajstić information content (AvgIpc) is 3.23. The van der Waals surface area contributed by atoms with E-state index in [2.05, 4.69) is 38.3 Å². The van der Waals surface area contributed by atoms with Crippen LogP contribution in [0.25, 0.3) is 0 Å². The fraction of sp³-hybridized carbons (Fsp3) is 0.500. The van der Waals surface area contributed by atoms with E-state index in [9.17, 15) is 9.59 Å². The lowest BCUT2D eigenvalue weighted by atomic mass is 10.1. The number of nitrogens with one attached hydrogen (secondary N) is 2. The van der Waals surface area contributed by atoms with Gasteiger partial charge in [-0.15, -0.1) is 0 Å². The van der Waals surface area contributed by atoms with Gasteiger partial charge in [-0.25, -0.2) is 0 Å². The monoisotopic (exact) mass is 462 g/mol. The molecule has 0 spiro atoms. The summed E-state index contributed by atoms with van der Waals surface area (Å²) in [4.78, 5) is 30.4. The number of benzene rings is 2. The Morgan fingerprint density at radius 2 is 1.06 bits per heavy atom. The molecule has 4 rings (SSSR count). The van der Waals surface area contributed by atoms with Crippen LogP contribution in [0.3, 0.4) is 0 Å². The highest BCUT2D eigenvalue weighted by Gasteiger charge is 2.39. The van der Waals surface area contributed by atoms with E-state index in [0.29, 0.717) is 24.9 Å². The van der Waals surface area contributed by atoms with E-state index in [1.165, 1.54) is 0 Å². The highest BCUT2D eigenvalue weighted by molar-refractivity contribution is 6.00. The molecule has 0 aliphatic carbocycles. The lowest BCUT2D eigenvalue weighted by Gasteiger charge is -2.31. The first-order valence-corrected chi connectivity index (χ1v) is 12.6. The summed E-state index contributed by atoms with van der Waals surface area (Å²) in [6.07, 6.45) is 1.77. The maximum Gasteiger partial charge on any atom is 0.255 e. The maximum atomic E-state index is 13.3. The molecule has 182 valence electrons. The zero-order valence-electron chi connectivity index (χ0n) is 20.9. The quantitative estimate of drug-likeness (QED) is 0.514. The van der Waals surface area contributed by atoms with Gasteiger partial charge in [0, 0.05) is 35.3 Å². The second-order valence-electron chi connectivity index (χ2n) is 10.2. The van der Waals surface area contributed by atoms with E-state index in [0.717, 1.165) is 48.2 Å². The molecule has 34 heavy (non-hydrogen) atoms. The molecule has 0 unspecified atom stereocenters. The Labute approximate surface area is 203 Å². The van der Waals surface area contributed by atoms with Crippen LogP contribution in [0.2, 0.25) is 0 Å². The number of carbonyl (C=O) groups is 2. The van der Waals surface area contributed by atoms with Crippen molar-refractivity contribution in [3.05, 3.63) is 70.8 Å². The molecule has 2 atom stereocenters. The fourth-order valence-corrected chi connectivity index (χ4v) is 4.87.